The lowest BCUT2D eigenvalue weighted by molar-refractivity contribution is 0.318. The number of fused-ring (bicyclic) bond motifs is 5. The number of nitrogens with zero attached hydrogens (tertiary/aromatic N) is 5. The molecule has 0 unspecified atom stereocenters. The minimum Gasteiger partial charge on any atom is -0.508 e. The van der Waals surface area contributed by atoms with E-state index in [0.29, 0.717) is 5.82 Å². The van der Waals surface area contributed by atoms with E-state index in [1.807, 2.05) is 12.1 Å². The number of thiophene rings is 1. The highest BCUT2D eigenvalue weighted by Crippen LogP contribution is 2.36. The Balaban J connectivity index is 1.74. The predicted molar refractivity (Wildman–Crippen MR) is 93.3 cm³/mol. The van der Waals surface area contributed by atoms with Crippen LogP contribution in [0.5, 0.6) is 5.75 Å². The Morgan fingerprint density at radius 1 is 1.21 bits per heavy atom. The highest BCUT2D eigenvalue weighted by Gasteiger charge is 2.22. The molecule has 120 valence electrons. The van der Waals surface area contributed by atoms with Crippen molar-refractivity contribution >= 4 is 27.2 Å². The molecule has 6 nitrogen and oxygen atoms in total. The van der Waals surface area contributed by atoms with Gasteiger partial charge in [0.25, 0.3) is 0 Å². The van der Waals surface area contributed by atoms with Gasteiger partial charge in [-0.05, 0) is 43.3 Å². The van der Waals surface area contributed by atoms with Crippen molar-refractivity contribution in [3.8, 4) is 17.1 Å². The molecule has 1 aromatic carbocycles. The number of phenolic OH excluding ortho intramolecular Hbond substituents is 1. The summed E-state index contributed by atoms with van der Waals surface area (Å²) in [5.41, 5.74) is 3.12. The molecule has 1 aliphatic rings. The molecule has 1 N–H and O–H groups in total. The summed E-state index contributed by atoms with van der Waals surface area (Å²) in [6.45, 7) is 2.03. The van der Waals surface area contributed by atoms with Crippen molar-refractivity contribution in [2.24, 2.45) is 0 Å². The molecule has 0 radical (unpaired) electrons. The van der Waals surface area contributed by atoms with E-state index in [0.717, 1.165) is 40.9 Å². The van der Waals surface area contributed by atoms with Gasteiger partial charge in [-0.2, -0.15) is 0 Å². The van der Waals surface area contributed by atoms with Crippen LogP contribution in [0.25, 0.3) is 27.3 Å². The van der Waals surface area contributed by atoms with Crippen molar-refractivity contribution in [1.82, 2.24) is 24.5 Å². The first-order valence-corrected chi connectivity index (χ1v) is 8.64. The summed E-state index contributed by atoms with van der Waals surface area (Å²) in [5.74, 6) is 0.889. The lowest BCUT2D eigenvalue weighted by Crippen LogP contribution is -2.25. The molecule has 4 heterocycles. The summed E-state index contributed by atoms with van der Waals surface area (Å²) in [7, 11) is 2.15. The van der Waals surface area contributed by atoms with Crippen LogP contribution in [0.2, 0.25) is 0 Å². The van der Waals surface area contributed by atoms with Gasteiger partial charge in [0.2, 0.25) is 0 Å². The Labute approximate surface area is 142 Å². The predicted octanol–water partition coefficient (Wildman–Crippen LogP) is 2.70. The molecular weight excluding hydrogens is 322 g/mol. The largest absolute Gasteiger partial charge is 0.508 e. The first-order chi connectivity index (χ1) is 11.7. The van der Waals surface area contributed by atoms with Crippen LogP contribution in [0.15, 0.2) is 30.6 Å². The molecule has 0 saturated carbocycles. The third kappa shape index (κ3) is 2.02. The second-order valence-electron chi connectivity index (χ2n) is 6.17. The molecule has 0 fully saturated rings. The maximum Gasteiger partial charge on any atom is 0.182 e. The number of aromatic nitrogens is 4. The minimum absolute atomic E-state index is 0.239. The van der Waals surface area contributed by atoms with Crippen LogP contribution in [-0.2, 0) is 13.0 Å². The zero-order valence-electron chi connectivity index (χ0n) is 13.1. The SMILES string of the molecule is CN1CCc2c(sc3ncn4nc(-c5ccc(O)cc5)nc4c23)C1. The van der Waals surface area contributed by atoms with E-state index in [1.165, 1.54) is 10.4 Å². The van der Waals surface area contributed by atoms with Crippen LogP contribution in [0.1, 0.15) is 10.4 Å². The zero-order chi connectivity index (χ0) is 16.3. The maximum atomic E-state index is 9.45. The second-order valence-corrected chi connectivity index (χ2v) is 7.25. The van der Waals surface area contributed by atoms with Crippen molar-refractivity contribution < 1.29 is 5.11 Å². The maximum absolute atomic E-state index is 9.45. The fourth-order valence-corrected chi connectivity index (χ4v) is 4.51. The van der Waals surface area contributed by atoms with E-state index in [-0.39, 0.29) is 5.75 Å². The lowest BCUT2D eigenvalue weighted by Gasteiger charge is -2.21. The fraction of sp³-hybridized carbons (Fsp3) is 0.235. The van der Waals surface area contributed by atoms with Gasteiger partial charge in [-0.3, -0.25) is 0 Å². The van der Waals surface area contributed by atoms with Crippen LogP contribution in [0.4, 0.5) is 0 Å². The third-order valence-corrected chi connectivity index (χ3v) is 5.62. The van der Waals surface area contributed by atoms with Gasteiger partial charge < -0.3 is 10.0 Å². The average molecular weight is 337 g/mol. The molecule has 3 aromatic heterocycles. The fourth-order valence-electron chi connectivity index (χ4n) is 3.25. The molecule has 1 aliphatic heterocycles. The standard InChI is InChI=1S/C17H15N5OS/c1-21-7-6-12-13(8-21)24-17-14(12)16-19-15(20-22(16)9-18-17)10-2-4-11(23)5-3-10/h2-5,9,23H,6-8H2,1H3. The Morgan fingerprint density at radius 3 is 2.88 bits per heavy atom. The van der Waals surface area contributed by atoms with Gasteiger partial charge in [0.15, 0.2) is 11.5 Å². The summed E-state index contributed by atoms with van der Waals surface area (Å²) in [6.07, 6.45) is 2.76. The Morgan fingerprint density at radius 2 is 2.04 bits per heavy atom. The van der Waals surface area contributed by atoms with E-state index < -0.39 is 0 Å². The molecule has 5 rings (SSSR count). The Kier molecular flexibility index (Phi) is 2.89. The molecule has 0 amide bonds. The molecule has 0 saturated heterocycles. The van der Waals surface area contributed by atoms with E-state index >= 15 is 0 Å². The van der Waals surface area contributed by atoms with Crippen molar-refractivity contribution in [2.75, 3.05) is 13.6 Å². The molecule has 4 aromatic rings. The van der Waals surface area contributed by atoms with Crippen LogP contribution in [-0.4, -0.2) is 43.2 Å². The van der Waals surface area contributed by atoms with E-state index in [2.05, 4.69) is 22.0 Å². The van der Waals surface area contributed by atoms with Gasteiger partial charge in [0, 0.05) is 23.5 Å². The van der Waals surface area contributed by atoms with Crippen LogP contribution >= 0.6 is 11.3 Å². The highest BCUT2D eigenvalue weighted by atomic mass is 32.1. The van der Waals surface area contributed by atoms with Gasteiger partial charge in [-0.25, -0.2) is 14.5 Å². The molecule has 0 aliphatic carbocycles. The van der Waals surface area contributed by atoms with Gasteiger partial charge in [-0.1, -0.05) is 0 Å². The number of benzene rings is 1. The van der Waals surface area contributed by atoms with Crippen molar-refractivity contribution in [3.63, 3.8) is 0 Å². The summed E-state index contributed by atoms with van der Waals surface area (Å²) < 4.78 is 1.76. The number of rotatable bonds is 1. The third-order valence-electron chi connectivity index (χ3n) is 4.49. The Hall–Kier alpha value is -2.51. The quantitative estimate of drug-likeness (QED) is 0.578. The van der Waals surface area contributed by atoms with E-state index in [4.69, 9.17) is 4.98 Å². The number of hydrogen-bond acceptors (Lipinski definition) is 6. The number of phenols is 1. The first kappa shape index (κ1) is 13.9. The summed E-state index contributed by atoms with van der Waals surface area (Å²) in [6, 6.07) is 6.95. The Bertz CT molecular complexity index is 1070. The van der Waals surface area contributed by atoms with Gasteiger partial charge in [0.1, 0.15) is 16.9 Å². The monoisotopic (exact) mass is 337 g/mol. The van der Waals surface area contributed by atoms with Crippen molar-refractivity contribution in [3.05, 3.63) is 41.0 Å². The molecule has 0 bridgehead atoms. The van der Waals surface area contributed by atoms with E-state index in [1.54, 1.807) is 34.3 Å². The van der Waals surface area contributed by atoms with Crippen LogP contribution in [0, 0.1) is 0 Å². The number of aromatic hydroxyl groups is 1. The number of hydrogen-bond donors (Lipinski definition) is 1. The second kappa shape index (κ2) is 4.99. The van der Waals surface area contributed by atoms with Gasteiger partial charge in [-0.15, -0.1) is 16.4 Å². The number of likely N-dealkylation sites (N-methyl/N-ethyl adjacent to an activating group) is 1. The first-order valence-electron chi connectivity index (χ1n) is 7.82. The normalized spacial score (nSPS) is 15.2. The molecule has 7 heteroatoms. The molecule has 0 spiro atoms. The van der Waals surface area contributed by atoms with Crippen molar-refractivity contribution in [1.29, 1.82) is 0 Å². The zero-order valence-corrected chi connectivity index (χ0v) is 13.9. The summed E-state index contributed by atoms with van der Waals surface area (Å²) >= 11 is 1.76. The topological polar surface area (TPSA) is 66.6 Å². The minimum atomic E-state index is 0.239. The summed E-state index contributed by atoms with van der Waals surface area (Å²) in [5, 5.41) is 15.2. The van der Waals surface area contributed by atoms with Gasteiger partial charge in [0.05, 0.1) is 5.39 Å². The molecular formula is C17H15N5OS. The molecule has 0 atom stereocenters. The highest BCUT2D eigenvalue weighted by molar-refractivity contribution is 7.19. The lowest BCUT2D eigenvalue weighted by atomic mass is 10.1. The molecule has 24 heavy (non-hydrogen) atoms. The van der Waals surface area contributed by atoms with Crippen LogP contribution < -0.4 is 0 Å². The van der Waals surface area contributed by atoms with E-state index in [9.17, 15) is 5.11 Å². The average Bonchev–Trinajstić information content (AvgIpc) is 3.15. The van der Waals surface area contributed by atoms with Crippen molar-refractivity contribution in [2.45, 2.75) is 13.0 Å². The summed E-state index contributed by atoms with van der Waals surface area (Å²) in [4.78, 5) is 14.1. The smallest absolute Gasteiger partial charge is 0.182 e. The van der Waals surface area contributed by atoms with Gasteiger partial charge >= 0.3 is 0 Å². The van der Waals surface area contributed by atoms with Crippen LogP contribution in [0.3, 0.4) is 0 Å².